The molecule has 164 valence electrons. The van der Waals surface area contributed by atoms with Crippen LogP contribution in [0, 0.1) is 0 Å². The third-order valence-corrected chi connectivity index (χ3v) is 6.68. The predicted octanol–water partition coefficient (Wildman–Crippen LogP) is 1.74. The molecule has 31 heavy (non-hydrogen) atoms. The van der Waals surface area contributed by atoms with Gasteiger partial charge in [0.25, 0.3) is 5.56 Å². The van der Waals surface area contributed by atoms with Crippen LogP contribution in [0.3, 0.4) is 0 Å². The van der Waals surface area contributed by atoms with Gasteiger partial charge in [-0.2, -0.15) is 4.98 Å². The van der Waals surface area contributed by atoms with Gasteiger partial charge in [0.2, 0.25) is 5.91 Å². The van der Waals surface area contributed by atoms with E-state index in [0.29, 0.717) is 16.9 Å². The number of nitrogens with one attached hydrogen (secondary N) is 1. The van der Waals surface area contributed by atoms with Crippen LogP contribution in [0.2, 0.25) is 0 Å². The molecular weight excluding hydrogens is 412 g/mol. The molecule has 0 spiro atoms. The third kappa shape index (κ3) is 5.29. The normalized spacial score (nSPS) is 14.8. The highest BCUT2D eigenvalue weighted by molar-refractivity contribution is 7.22. The smallest absolute Gasteiger partial charge is 0.273 e. The Morgan fingerprint density at radius 1 is 1.16 bits per heavy atom. The molecule has 4 rings (SSSR count). The molecule has 0 bridgehead atoms. The number of carbonyl (C=O) groups excluding carboxylic acids is 1. The minimum absolute atomic E-state index is 0.0322. The number of likely N-dealkylation sites (N-methyl/N-ethyl adjacent to an activating group) is 1. The van der Waals surface area contributed by atoms with Crippen molar-refractivity contribution in [1.29, 1.82) is 0 Å². The van der Waals surface area contributed by atoms with Gasteiger partial charge in [0.15, 0.2) is 10.8 Å². The molecule has 0 aliphatic carbocycles. The lowest BCUT2D eigenvalue weighted by molar-refractivity contribution is -0.121. The molecule has 2 aromatic heterocycles. The van der Waals surface area contributed by atoms with Crippen molar-refractivity contribution in [2.24, 2.45) is 0 Å². The average molecular weight is 441 g/mol. The summed E-state index contributed by atoms with van der Waals surface area (Å²) in [7, 11) is 0. The Kier molecular flexibility index (Phi) is 6.93. The number of nitrogens with zero attached hydrogens (tertiary/aromatic N) is 5. The fraction of sp³-hybridized carbons (Fsp3) is 0.455. The van der Waals surface area contributed by atoms with Crippen molar-refractivity contribution in [3.05, 3.63) is 52.6 Å². The predicted molar refractivity (Wildman–Crippen MR) is 124 cm³/mol. The summed E-state index contributed by atoms with van der Waals surface area (Å²) in [6.45, 7) is 7.54. The van der Waals surface area contributed by atoms with Crippen molar-refractivity contribution in [3.63, 3.8) is 0 Å². The van der Waals surface area contributed by atoms with Crippen LogP contribution in [-0.4, -0.2) is 64.6 Å². The number of amides is 1. The Morgan fingerprint density at radius 2 is 1.94 bits per heavy atom. The molecule has 3 aromatic rings. The Hall–Kier alpha value is -2.78. The molecule has 3 heterocycles. The van der Waals surface area contributed by atoms with Crippen molar-refractivity contribution < 1.29 is 4.79 Å². The second kappa shape index (κ2) is 10.0. The number of fused-ring (bicyclic) bond motifs is 1. The molecule has 0 radical (unpaired) electrons. The first-order valence-electron chi connectivity index (χ1n) is 10.8. The summed E-state index contributed by atoms with van der Waals surface area (Å²) in [5.41, 5.74) is 1.50. The monoisotopic (exact) mass is 440 g/mol. The first kappa shape index (κ1) is 21.5. The van der Waals surface area contributed by atoms with Gasteiger partial charge >= 0.3 is 0 Å². The van der Waals surface area contributed by atoms with Crippen LogP contribution in [0.25, 0.3) is 10.3 Å². The molecule has 1 aliphatic rings. The molecule has 0 unspecified atom stereocenters. The number of piperazine rings is 1. The lowest BCUT2D eigenvalue weighted by Gasteiger charge is -2.33. The SMILES string of the molecule is CCN1CCN(c2nc3ncn(CC(=O)NCCCc4ccccc4)c(=O)c3s2)CC1. The molecule has 0 atom stereocenters. The second-order valence-corrected chi connectivity index (χ2v) is 8.66. The summed E-state index contributed by atoms with van der Waals surface area (Å²) < 4.78 is 1.87. The highest BCUT2D eigenvalue weighted by Crippen LogP contribution is 2.26. The van der Waals surface area contributed by atoms with Crippen molar-refractivity contribution in [2.75, 3.05) is 44.2 Å². The Labute approximate surface area is 185 Å². The van der Waals surface area contributed by atoms with E-state index in [4.69, 9.17) is 0 Å². The zero-order valence-electron chi connectivity index (χ0n) is 17.8. The number of rotatable bonds is 8. The molecule has 9 heteroatoms. The van der Waals surface area contributed by atoms with Crippen LogP contribution in [0.4, 0.5) is 5.13 Å². The van der Waals surface area contributed by atoms with E-state index in [1.54, 1.807) is 0 Å². The molecule has 1 N–H and O–H groups in total. The van der Waals surface area contributed by atoms with Crippen LogP contribution in [-0.2, 0) is 17.8 Å². The Bertz CT molecular complexity index is 1070. The molecule has 1 amide bonds. The fourth-order valence-electron chi connectivity index (χ4n) is 3.71. The van der Waals surface area contributed by atoms with Crippen LogP contribution < -0.4 is 15.8 Å². The lowest BCUT2D eigenvalue weighted by Crippen LogP contribution is -2.46. The summed E-state index contributed by atoms with van der Waals surface area (Å²) in [6, 6.07) is 10.2. The molecule has 8 nitrogen and oxygen atoms in total. The summed E-state index contributed by atoms with van der Waals surface area (Å²) in [4.78, 5) is 38.6. The van der Waals surface area contributed by atoms with Gasteiger partial charge in [0.05, 0.1) is 0 Å². The Balaban J connectivity index is 1.34. The average Bonchev–Trinajstić information content (AvgIpc) is 3.25. The number of hydrogen-bond donors (Lipinski definition) is 1. The maximum absolute atomic E-state index is 12.9. The maximum Gasteiger partial charge on any atom is 0.273 e. The van der Waals surface area contributed by atoms with Crippen molar-refractivity contribution >= 4 is 32.7 Å². The highest BCUT2D eigenvalue weighted by atomic mass is 32.1. The highest BCUT2D eigenvalue weighted by Gasteiger charge is 2.20. The van der Waals surface area contributed by atoms with E-state index in [2.05, 4.69) is 44.1 Å². The van der Waals surface area contributed by atoms with Gasteiger partial charge in [-0.3, -0.25) is 14.2 Å². The van der Waals surface area contributed by atoms with Crippen molar-refractivity contribution in [2.45, 2.75) is 26.3 Å². The van der Waals surface area contributed by atoms with Gasteiger partial charge in [-0.05, 0) is 24.9 Å². The summed E-state index contributed by atoms with van der Waals surface area (Å²) in [6.07, 6.45) is 3.18. The van der Waals surface area contributed by atoms with Crippen molar-refractivity contribution in [1.82, 2.24) is 24.8 Å². The summed E-state index contributed by atoms with van der Waals surface area (Å²) in [5, 5.41) is 3.72. The van der Waals surface area contributed by atoms with Gasteiger partial charge < -0.3 is 15.1 Å². The number of benzene rings is 1. The van der Waals surface area contributed by atoms with Gasteiger partial charge in [-0.25, -0.2) is 4.98 Å². The first-order valence-corrected chi connectivity index (χ1v) is 11.6. The van der Waals surface area contributed by atoms with Crippen LogP contribution in [0.1, 0.15) is 18.9 Å². The quantitative estimate of drug-likeness (QED) is 0.538. The van der Waals surface area contributed by atoms with E-state index in [-0.39, 0.29) is 18.0 Å². The van der Waals surface area contributed by atoms with E-state index in [1.807, 2.05) is 18.2 Å². The van der Waals surface area contributed by atoms with Gasteiger partial charge in [0, 0.05) is 32.7 Å². The molecule has 1 fully saturated rings. The standard InChI is InChI=1S/C22H28N6O2S/c1-2-26-11-13-27(14-12-26)22-25-20-19(31-22)21(30)28(16-24-20)15-18(29)23-10-6-9-17-7-4-3-5-8-17/h3-5,7-8,16H,2,6,9-15H2,1H3,(H,23,29). The zero-order valence-corrected chi connectivity index (χ0v) is 18.6. The van der Waals surface area contributed by atoms with E-state index < -0.39 is 0 Å². The van der Waals surface area contributed by atoms with Gasteiger partial charge in [0.1, 0.15) is 17.6 Å². The second-order valence-electron chi connectivity index (χ2n) is 7.69. The number of carbonyl (C=O) groups is 1. The number of anilines is 1. The van der Waals surface area contributed by atoms with Gasteiger partial charge in [-0.15, -0.1) is 0 Å². The summed E-state index contributed by atoms with van der Waals surface area (Å²) in [5.74, 6) is -0.184. The molecule has 1 aromatic carbocycles. The molecule has 0 saturated carbocycles. The van der Waals surface area contributed by atoms with Crippen LogP contribution >= 0.6 is 11.3 Å². The van der Waals surface area contributed by atoms with E-state index >= 15 is 0 Å². The lowest BCUT2D eigenvalue weighted by atomic mass is 10.1. The number of aromatic nitrogens is 3. The number of thiazole rings is 1. The third-order valence-electron chi connectivity index (χ3n) is 5.58. The molecule has 1 saturated heterocycles. The first-order chi connectivity index (χ1) is 15.1. The maximum atomic E-state index is 12.9. The van der Waals surface area contributed by atoms with Crippen LogP contribution in [0.15, 0.2) is 41.5 Å². The minimum atomic E-state index is -0.208. The van der Waals surface area contributed by atoms with E-state index in [9.17, 15) is 9.59 Å². The summed E-state index contributed by atoms with van der Waals surface area (Å²) >= 11 is 1.37. The van der Waals surface area contributed by atoms with Crippen LogP contribution in [0.5, 0.6) is 0 Å². The van der Waals surface area contributed by atoms with Gasteiger partial charge in [-0.1, -0.05) is 48.6 Å². The van der Waals surface area contributed by atoms with E-state index in [1.165, 1.54) is 27.8 Å². The minimum Gasteiger partial charge on any atom is -0.355 e. The molecular formula is C22H28N6O2S. The Morgan fingerprint density at radius 3 is 2.68 bits per heavy atom. The largest absolute Gasteiger partial charge is 0.355 e. The zero-order chi connectivity index (χ0) is 21.6. The van der Waals surface area contributed by atoms with E-state index in [0.717, 1.165) is 50.7 Å². The topological polar surface area (TPSA) is 83.4 Å². The number of aryl methyl sites for hydroxylation is 1. The van der Waals surface area contributed by atoms with Crippen molar-refractivity contribution in [3.8, 4) is 0 Å². The fourth-order valence-corrected chi connectivity index (χ4v) is 4.73. The molecule has 1 aliphatic heterocycles. The number of hydrogen-bond acceptors (Lipinski definition) is 7.